The molecular weight excluding hydrogens is 330 g/mol. The normalized spacial score (nSPS) is 22.0. The monoisotopic (exact) mass is 355 g/mol. The molecule has 2 fully saturated rings. The summed E-state index contributed by atoms with van der Waals surface area (Å²) in [6.45, 7) is 9.48. The van der Waals surface area contributed by atoms with Crippen molar-refractivity contribution < 1.29 is 9.53 Å². The van der Waals surface area contributed by atoms with Gasteiger partial charge in [0.15, 0.2) is 0 Å². The van der Waals surface area contributed by atoms with Gasteiger partial charge in [0.25, 0.3) is 0 Å². The molecule has 0 radical (unpaired) electrons. The fourth-order valence-electron chi connectivity index (χ4n) is 4.13. The van der Waals surface area contributed by atoms with Gasteiger partial charge in [0.05, 0.1) is 5.39 Å². The standard InChI is InChI=1S/C19H25N5O2/c1-3-16(25)24-7-6-23(11-13(24)2)19-17-15(14-4-8-26-9-5-14)10-20-18(17)21-12-22-19/h3,10,12-14H,1,4-9,11H2,2H3,(H,20,21,22)/t13-/m0/s1. The van der Waals surface area contributed by atoms with Gasteiger partial charge in [-0.1, -0.05) is 6.58 Å². The molecule has 7 heteroatoms. The molecule has 2 aromatic rings. The number of anilines is 1. The molecular formula is C19H25N5O2. The third-order valence-corrected chi connectivity index (χ3v) is 5.53. The summed E-state index contributed by atoms with van der Waals surface area (Å²) in [6, 6.07) is 0.115. The van der Waals surface area contributed by atoms with Crippen LogP contribution in [0.4, 0.5) is 5.82 Å². The number of carbonyl (C=O) groups is 1. The van der Waals surface area contributed by atoms with Crippen molar-refractivity contribution in [3.05, 3.63) is 30.7 Å². The lowest BCUT2D eigenvalue weighted by molar-refractivity contribution is -0.128. The quantitative estimate of drug-likeness (QED) is 0.853. The molecule has 2 aromatic heterocycles. The van der Waals surface area contributed by atoms with Crippen LogP contribution in [0.3, 0.4) is 0 Å². The SMILES string of the molecule is C=CC(=O)N1CCN(c2ncnc3[nH]cc(C4CCOCC4)c23)C[C@@H]1C. The molecule has 0 unspecified atom stereocenters. The fraction of sp³-hybridized carbons (Fsp3) is 0.526. The van der Waals surface area contributed by atoms with E-state index < -0.39 is 0 Å². The Morgan fingerprint density at radius 3 is 2.88 bits per heavy atom. The van der Waals surface area contributed by atoms with Crippen LogP contribution in [0.5, 0.6) is 0 Å². The lowest BCUT2D eigenvalue weighted by Crippen LogP contribution is -2.54. The summed E-state index contributed by atoms with van der Waals surface area (Å²) in [5.41, 5.74) is 2.17. The smallest absolute Gasteiger partial charge is 0.246 e. The third-order valence-electron chi connectivity index (χ3n) is 5.53. The molecule has 26 heavy (non-hydrogen) atoms. The molecule has 0 bridgehead atoms. The zero-order valence-corrected chi connectivity index (χ0v) is 15.1. The van der Waals surface area contributed by atoms with Gasteiger partial charge in [0.2, 0.25) is 5.91 Å². The molecule has 0 aliphatic carbocycles. The van der Waals surface area contributed by atoms with Crippen molar-refractivity contribution in [3.63, 3.8) is 0 Å². The number of nitrogens with zero attached hydrogens (tertiary/aromatic N) is 4. The first-order valence-electron chi connectivity index (χ1n) is 9.26. The van der Waals surface area contributed by atoms with Crippen LogP contribution in [-0.4, -0.2) is 64.6 Å². The molecule has 4 heterocycles. The molecule has 2 aliphatic heterocycles. The number of ether oxygens (including phenoxy) is 1. The summed E-state index contributed by atoms with van der Waals surface area (Å²) in [4.78, 5) is 28.5. The number of aromatic nitrogens is 3. The second-order valence-corrected chi connectivity index (χ2v) is 7.08. The van der Waals surface area contributed by atoms with E-state index in [4.69, 9.17) is 4.74 Å². The van der Waals surface area contributed by atoms with Crippen molar-refractivity contribution in [3.8, 4) is 0 Å². The van der Waals surface area contributed by atoms with Gasteiger partial charge in [-0.05, 0) is 37.3 Å². The van der Waals surface area contributed by atoms with Crippen molar-refractivity contribution in [2.75, 3.05) is 37.7 Å². The van der Waals surface area contributed by atoms with Crippen molar-refractivity contribution in [1.29, 1.82) is 0 Å². The van der Waals surface area contributed by atoms with E-state index >= 15 is 0 Å². The highest BCUT2D eigenvalue weighted by molar-refractivity contribution is 5.92. The molecule has 4 rings (SSSR count). The molecule has 2 saturated heterocycles. The van der Waals surface area contributed by atoms with Gasteiger partial charge in [-0.2, -0.15) is 0 Å². The number of piperazine rings is 1. The molecule has 0 aromatic carbocycles. The van der Waals surface area contributed by atoms with Gasteiger partial charge in [-0.25, -0.2) is 9.97 Å². The maximum atomic E-state index is 12.0. The lowest BCUT2D eigenvalue weighted by Gasteiger charge is -2.40. The molecule has 2 aliphatic rings. The Hall–Kier alpha value is -2.41. The Kier molecular flexibility index (Phi) is 4.63. The Morgan fingerprint density at radius 2 is 2.15 bits per heavy atom. The first-order chi connectivity index (χ1) is 12.7. The Balaban J connectivity index is 1.65. The Labute approximate surface area is 153 Å². The van der Waals surface area contributed by atoms with E-state index in [2.05, 4.69) is 39.6 Å². The van der Waals surface area contributed by atoms with Crippen LogP contribution in [0.25, 0.3) is 11.0 Å². The highest BCUT2D eigenvalue weighted by atomic mass is 16.5. The van der Waals surface area contributed by atoms with E-state index in [-0.39, 0.29) is 11.9 Å². The van der Waals surface area contributed by atoms with Gasteiger partial charge < -0.3 is 19.5 Å². The molecule has 0 saturated carbocycles. The van der Waals surface area contributed by atoms with Crippen LogP contribution >= 0.6 is 0 Å². The average molecular weight is 355 g/mol. The zero-order valence-electron chi connectivity index (χ0n) is 15.1. The maximum Gasteiger partial charge on any atom is 0.246 e. The maximum absolute atomic E-state index is 12.0. The van der Waals surface area contributed by atoms with Crippen molar-refractivity contribution in [2.24, 2.45) is 0 Å². The number of rotatable bonds is 3. The van der Waals surface area contributed by atoms with Gasteiger partial charge in [0, 0.05) is 45.1 Å². The molecule has 138 valence electrons. The number of nitrogens with one attached hydrogen (secondary N) is 1. The topological polar surface area (TPSA) is 74.4 Å². The van der Waals surface area contributed by atoms with Crippen LogP contribution in [0, 0.1) is 0 Å². The number of aromatic amines is 1. The lowest BCUT2D eigenvalue weighted by atomic mass is 9.92. The van der Waals surface area contributed by atoms with Gasteiger partial charge in [0.1, 0.15) is 17.8 Å². The minimum atomic E-state index is -0.00507. The van der Waals surface area contributed by atoms with E-state index in [9.17, 15) is 4.79 Å². The number of hydrogen-bond donors (Lipinski definition) is 1. The predicted octanol–water partition coefficient (Wildman–Crippen LogP) is 2.07. The first kappa shape index (κ1) is 17.0. The molecule has 1 atom stereocenters. The first-order valence-corrected chi connectivity index (χ1v) is 9.26. The minimum Gasteiger partial charge on any atom is -0.381 e. The number of amides is 1. The fourth-order valence-corrected chi connectivity index (χ4v) is 4.13. The van der Waals surface area contributed by atoms with Crippen molar-refractivity contribution in [1.82, 2.24) is 19.9 Å². The van der Waals surface area contributed by atoms with E-state index in [0.29, 0.717) is 12.5 Å². The van der Waals surface area contributed by atoms with Gasteiger partial charge in [-0.3, -0.25) is 4.79 Å². The summed E-state index contributed by atoms with van der Waals surface area (Å²) < 4.78 is 5.52. The van der Waals surface area contributed by atoms with E-state index in [0.717, 1.165) is 56.0 Å². The minimum absolute atomic E-state index is 0.00507. The number of carbonyl (C=O) groups excluding carboxylic acids is 1. The molecule has 7 nitrogen and oxygen atoms in total. The third kappa shape index (κ3) is 2.96. The van der Waals surface area contributed by atoms with Crippen molar-refractivity contribution >= 4 is 22.8 Å². The Bertz CT molecular complexity index is 811. The van der Waals surface area contributed by atoms with Gasteiger partial charge >= 0.3 is 0 Å². The number of fused-ring (bicyclic) bond motifs is 1. The number of hydrogen-bond acceptors (Lipinski definition) is 5. The van der Waals surface area contributed by atoms with Gasteiger partial charge in [-0.15, -0.1) is 0 Å². The van der Waals surface area contributed by atoms with Crippen molar-refractivity contribution in [2.45, 2.75) is 31.7 Å². The largest absolute Gasteiger partial charge is 0.381 e. The highest BCUT2D eigenvalue weighted by Gasteiger charge is 2.29. The van der Waals surface area contributed by atoms with E-state index in [1.807, 2.05) is 4.90 Å². The summed E-state index contributed by atoms with van der Waals surface area (Å²) in [7, 11) is 0. The molecule has 1 N–H and O–H groups in total. The van der Waals surface area contributed by atoms with Crippen LogP contribution in [0.1, 0.15) is 31.2 Å². The summed E-state index contributed by atoms with van der Waals surface area (Å²) in [5.74, 6) is 1.44. The summed E-state index contributed by atoms with van der Waals surface area (Å²) in [6.07, 6.45) is 7.15. The second-order valence-electron chi connectivity index (χ2n) is 7.08. The second kappa shape index (κ2) is 7.07. The van der Waals surface area contributed by atoms with Crippen LogP contribution < -0.4 is 4.90 Å². The van der Waals surface area contributed by atoms with E-state index in [1.165, 1.54) is 11.6 Å². The highest BCUT2D eigenvalue weighted by Crippen LogP contribution is 2.36. The summed E-state index contributed by atoms with van der Waals surface area (Å²) in [5, 5.41) is 1.12. The van der Waals surface area contributed by atoms with E-state index in [1.54, 1.807) is 6.33 Å². The predicted molar refractivity (Wildman–Crippen MR) is 100 cm³/mol. The van der Waals surface area contributed by atoms with Crippen LogP contribution in [-0.2, 0) is 9.53 Å². The molecule has 1 amide bonds. The average Bonchev–Trinajstić information content (AvgIpc) is 3.12. The summed E-state index contributed by atoms with van der Waals surface area (Å²) >= 11 is 0. The van der Waals surface area contributed by atoms with Crippen LogP contribution in [0.2, 0.25) is 0 Å². The van der Waals surface area contributed by atoms with Crippen LogP contribution in [0.15, 0.2) is 25.2 Å². The molecule has 0 spiro atoms. The number of H-pyrrole nitrogens is 1. The Morgan fingerprint density at radius 1 is 1.35 bits per heavy atom. The zero-order chi connectivity index (χ0) is 18.1.